The fourth-order valence-electron chi connectivity index (χ4n) is 2.86. The molecule has 1 aromatic carbocycles. The summed E-state index contributed by atoms with van der Waals surface area (Å²) in [4.78, 5) is -0.156. The smallest absolute Gasteiger partial charge is 0.242 e. The minimum atomic E-state index is -4.31. The molecule has 5 heteroatoms. The van der Waals surface area contributed by atoms with Crippen molar-refractivity contribution in [2.75, 3.05) is 0 Å². The molecule has 2 bridgehead atoms. The Morgan fingerprint density at radius 3 is 2.39 bits per heavy atom. The van der Waals surface area contributed by atoms with E-state index in [1.165, 1.54) is 30.3 Å². The van der Waals surface area contributed by atoms with Crippen molar-refractivity contribution in [3.05, 3.63) is 42.5 Å². The van der Waals surface area contributed by atoms with Gasteiger partial charge < -0.3 is 0 Å². The Morgan fingerprint density at radius 1 is 1.17 bits per heavy atom. The van der Waals surface area contributed by atoms with Crippen LogP contribution in [-0.2, 0) is 9.84 Å². The van der Waals surface area contributed by atoms with E-state index < -0.39 is 32.8 Å². The summed E-state index contributed by atoms with van der Waals surface area (Å²) in [6.45, 7) is 0. The maximum Gasteiger partial charge on any atom is 0.252 e. The van der Waals surface area contributed by atoms with Crippen LogP contribution in [0.1, 0.15) is 6.42 Å². The lowest BCUT2D eigenvalue weighted by Gasteiger charge is -2.29. The highest BCUT2D eigenvalue weighted by atomic mass is 32.2. The summed E-state index contributed by atoms with van der Waals surface area (Å²) in [7, 11) is -4.31. The van der Waals surface area contributed by atoms with Crippen LogP contribution < -0.4 is 0 Å². The van der Waals surface area contributed by atoms with Gasteiger partial charge in [0.2, 0.25) is 9.84 Å². The van der Waals surface area contributed by atoms with Crippen molar-refractivity contribution in [3.8, 4) is 0 Å². The predicted octanol–water partition coefficient (Wildman–Crippen LogP) is 2.67. The molecule has 2 aliphatic rings. The molecular weight excluding hydrogens is 258 g/mol. The van der Waals surface area contributed by atoms with E-state index in [1.54, 1.807) is 12.1 Å². The van der Waals surface area contributed by atoms with E-state index >= 15 is 0 Å². The quantitative estimate of drug-likeness (QED) is 0.774. The Kier molecular flexibility index (Phi) is 2.39. The topological polar surface area (TPSA) is 34.1 Å². The summed E-state index contributed by atoms with van der Waals surface area (Å²) < 4.78 is 53.5. The van der Waals surface area contributed by atoms with Gasteiger partial charge in [-0.1, -0.05) is 30.4 Å². The molecule has 0 heterocycles. The summed E-state index contributed by atoms with van der Waals surface area (Å²) >= 11 is 0. The number of alkyl halides is 2. The molecule has 0 spiro atoms. The van der Waals surface area contributed by atoms with Crippen LogP contribution in [0.15, 0.2) is 47.4 Å². The van der Waals surface area contributed by atoms with Crippen molar-refractivity contribution in [1.82, 2.24) is 0 Å². The highest BCUT2D eigenvalue weighted by molar-refractivity contribution is 7.92. The maximum atomic E-state index is 14.9. The van der Waals surface area contributed by atoms with E-state index in [4.69, 9.17) is 0 Å². The Balaban J connectivity index is 2.13. The molecular formula is C13H12F2O2S. The zero-order chi connectivity index (χ0) is 13.0. The average molecular weight is 270 g/mol. The van der Waals surface area contributed by atoms with Gasteiger partial charge in [-0.2, -0.15) is 0 Å². The maximum absolute atomic E-state index is 14.9. The van der Waals surface area contributed by atoms with Crippen molar-refractivity contribution in [3.63, 3.8) is 0 Å². The third-order valence-corrected chi connectivity index (χ3v) is 6.08. The molecule has 1 aromatic rings. The molecule has 1 saturated carbocycles. The van der Waals surface area contributed by atoms with Gasteiger partial charge in [-0.3, -0.25) is 0 Å². The molecule has 4 atom stereocenters. The Bertz CT molecular complexity index is 597. The van der Waals surface area contributed by atoms with Crippen LogP contribution in [0, 0.1) is 11.8 Å². The first-order valence-electron chi connectivity index (χ1n) is 5.79. The first-order valence-corrected chi connectivity index (χ1v) is 7.27. The van der Waals surface area contributed by atoms with Gasteiger partial charge in [0.15, 0.2) is 6.17 Å². The molecule has 0 N–H and O–H groups in total. The van der Waals surface area contributed by atoms with Crippen LogP contribution in [0.2, 0.25) is 0 Å². The van der Waals surface area contributed by atoms with Gasteiger partial charge in [0, 0.05) is 11.8 Å². The molecule has 18 heavy (non-hydrogen) atoms. The van der Waals surface area contributed by atoms with Crippen LogP contribution in [0.25, 0.3) is 0 Å². The molecule has 0 aliphatic heterocycles. The van der Waals surface area contributed by atoms with Crippen LogP contribution in [0.4, 0.5) is 8.78 Å². The molecule has 2 nitrogen and oxygen atoms in total. The number of hydrogen-bond donors (Lipinski definition) is 0. The number of sulfone groups is 1. The summed E-state index contributed by atoms with van der Waals surface area (Å²) in [6, 6.07) is 7.26. The van der Waals surface area contributed by atoms with Crippen molar-refractivity contribution in [2.24, 2.45) is 11.8 Å². The monoisotopic (exact) mass is 270 g/mol. The van der Waals surface area contributed by atoms with Crippen LogP contribution in [-0.4, -0.2) is 19.6 Å². The minimum Gasteiger partial charge on any atom is -0.242 e. The fourth-order valence-corrected chi connectivity index (χ4v) is 4.78. The van der Waals surface area contributed by atoms with Crippen molar-refractivity contribution < 1.29 is 17.2 Å². The second-order valence-electron chi connectivity index (χ2n) is 4.81. The van der Waals surface area contributed by atoms with Crippen molar-refractivity contribution >= 4 is 9.84 Å². The van der Waals surface area contributed by atoms with Crippen molar-refractivity contribution in [2.45, 2.75) is 22.5 Å². The van der Waals surface area contributed by atoms with E-state index in [1.807, 2.05) is 0 Å². The molecule has 0 radical (unpaired) electrons. The van der Waals surface area contributed by atoms with Gasteiger partial charge >= 0.3 is 0 Å². The van der Waals surface area contributed by atoms with Crippen LogP contribution >= 0.6 is 0 Å². The lowest BCUT2D eigenvalue weighted by molar-refractivity contribution is 0.114. The normalized spacial score (nSPS) is 38.2. The minimum absolute atomic E-state index is 0.156. The van der Waals surface area contributed by atoms with Crippen LogP contribution in [0.5, 0.6) is 0 Å². The lowest BCUT2D eigenvalue weighted by Crippen LogP contribution is -2.46. The second kappa shape index (κ2) is 3.63. The molecule has 3 rings (SSSR count). The van der Waals surface area contributed by atoms with E-state index in [9.17, 15) is 17.2 Å². The molecule has 0 unspecified atom stereocenters. The summed E-state index contributed by atoms with van der Waals surface area (Å²) in [5.74, 6) is -1.49. The molecule has 0 saturated heterocycles. The van der Waals surface area contributed by atoms with E-state index in [2.05, 4.69) is 0 Å². The van der Waals surface area contributed by atoms with Crippen molar-refractivity contribution in [1.29, 1.82) is 0 Å². The molecule has 96 valence electrons. The Hall–Kier alpha value is -1.23. The standard InChI is InChI=1S/C13H12F2O2S/c14-12-9-6-7-10(8-9)13(12,15)18(16,17)11-4-2-1-3-5-11/h1-7,9-10,12H,8H2/t9-,10+,12+,13-/m0/s1. The third-order valence-electron chi connectivity index (χ3n) is 3.84. The number of allylic oxidation sites excluding steroid dienone is 2. The summed E-state index contributed by atoms with van der Waals surface area (Å²) in [5.41, 5.74) is 0. The largest absolute Gasteiger partial charge is 0.252 e. The number of rotatable bonds is 2. The van der Waals surface area contributed by atoms with Gasteiger partial charge in [-0.25, -0.2) is 17.2 Å². The number of hydrogen-bond acceptors (Lipinski definition) is 2. The highest BCUT2D eigenvalue weighted by Crippen LogP contribution is 2.54. The third kappa shape index (κ3) is 1.28. The summed E-state index contributed by atoms with van der Waals surface area (Å²) in [5, 5.41) is -2.81. The van der Waals surface area contributed by atoms with E-state index in [0.29, 0.717) is 0 Å². The Labute approximate surface area is 104 Å². The highest BCUT2D eigenvalue weighted by Gasteiger charge is 2.65. The van der Waals surface area contributed by atoms with Crippen LogP contribution in [0.3, 0.4) is 0 Å². The van der Waals surface area contributed by atoms with Gasteiger partial charge in [0.1, 0.15) is 0 Å². The first kappa shape index (κ1) is 11.8. The van der Waals surface area contributed by atoms with Gasteiger partial charge in [-0.05, 0) is 18.6 Å². The molecule has 0 aromatic heterocycles. The SMILES string of the molecule is O=S(=O)(c1ccccc1)[C@@]1(F)[C@@H]2C=C[C@@H](C2)[C@H]1F. The number of halogens is 2. The van der Waals surface area contributed by atoms with E-state index in [0.717, 1.165) is 0 Å². The number of fused-ring (bicyclic) bond motifs is 2. The zero-order valence-electron chi connectivity index (χ0n) is 9.46. The lowest BCUT2D eigenvalue weighted by atomic mass is 10.0. The Morgan fingerprint density at radius 2 is 1.83 bits per heavy atom. The predicted molar refractivity (Wildman–Crippen MR) is 63.1 cm³/mol. The zero-order valence-corrected chi connectivity index (χ0v) is 10.3. The fraction of sp³-hybridized carbons (Fsp3) is 0.385. The average Bonchev–Trinajstić information content (AvgIpc) is 2.94. The second-order valence-corrected chi connectivity index (χ2v) is 6.91. The molecule has 2 aliphatic carbocycles. The van der Waals surface area contributed by atoms with Gasteiger partial charge in [0.25, 0.3) is 5.00 Å². The molecule has 0 amide bonds. The number of benzene rings is 1. The first-order chi connectivity index (χ1) is 8.48. The summed E-state index contributed by atoms with van der Waals surface area (Å²) in [6.07, 6.45) is 1.33. The van der Waals surface area contributed by atoms with Gasteiger partial charge in [0.05, 0.1) is 4.90 Å². The van der Waals surface area contributed by atoms with E-state index in [-0.39, 0.29) is 11.3 Å². The van der Waals surface area contributed by atoms with Gasteiger partial charge in [-0.15, -0.1) is 0 Å². The molecule has 1 fully saturated rings.